The number of phenols is 1. The number of carbonyl (C=O) groups excluding carboxylic acids is 2. The molecule has 30 heavy (non-hydrogen) atoms. The minimum Gasteiger partial charge on any atom is -0.506 e. The molecule has 1 heterocycles. The molecule has 0 saturated heterocycles. The van der Waals surface area contributed by atoms with Gasteiger partial charge in [-0.25, -0.2) is 5.43 Å². The molecule has 3 aromatic rings. The molecule has 3 rings (SSSR count). The van der Waals surface area contributed by atoms with Gasteiger partial charge in [0.05, 0.1) is 10.7 Å². The van der Waals surface area contributed by atoms with Crippen LogP contribution < -0.4 is 10.7 Å². The van der Waals surface area contributed by atoms with E-state index in [-0.39, 0.29) is 11.4 Å². The lowest BCUT2D eigenvalue weighted by molar-refractivity contribution is -0.117. The van der Waals surface area contributed by atoms with Gasteiger partial charge < -0.3 is 10.4 Å². The van der Waals surface area contributed by atoms with Crippen molar-refractivity contribution in [1.82, 2.24) is 10.7 Å². The standard InChI is InChI=1S/C21H15Br2N3O3S/c22-15-9-14(19(27)17(23)10-15)12-24-26-21(29)18(11-16-7-4-8-30-16)25-20(28)13-5-2-1-3-6-13/h1-12,27H,(H,25,28)(H,26,29)/b18-11?,24-12+. The summed E-state index contributed by atoms with van der Waals surface area (Å²) in [5.41, 5.74) is 3.24. The van der Waals surface area contributed by atoms with Crippen LogP contribution in [0.4, 0.5) is 0 Å². The minimum absolute atomic E-state index is 0.0112. The number of carbonyl (C=O) groups is 2. The van der Waals surface area contributed by atoms with E-state index >= 15 is 0 Å². The Labute approximate surface area is 193 Å². The maximum absolute atomic E-state index is 12.7. The molecule has 0 aliphatic carbocycles. The van der Waals surface area contributed by atoms with Crippen molar-refractivity contribution < 1.29 is 14.7 Å². The second-order valence-corrected chi connectivity index (χ2v) is 8.67. The number of amides is 2. The van der Waals surface area contributed by atoms with Crippen molar-refractivity contribution >= 4 is 67.3 Å². The third kappa shape index (κ3) is 5.88. The highest BCUT2D eigenvalue weighted by molar-refractivity contribution is 9.11. The summed E-state index contributed by atoms with van der Waals surface area (Å²) in [4.78, 5) is 26.0. The number of hydrogen-bond acceptors (Lipinski definition) is 5. The Morgan fingerprint density at radius 2 is 1.83 bits per heavy atom. The van der Waals surface area contributed by atoms with Crippen molar-refractivity contribution in [3.05, 3.63) is 90.6 Å². The molecule has 2 amide bonds. The number of phenolic OH excluding ortho intramolecular Hbond substituents is 1. The average molecular weight is 549 g/mol. The Hall–Kier alpha value is -2.75. The molecule has 2 aromatic carbocycles. The summed E-state index contributed by atoms with van der Waals surface area (Å²) >= 11 is 8.00. The molecule has 0 atom stereocenters. The summed E-state index contributed by atoms with van der Waals surface area (Å²) in [6, 6.07) is 15.6. The van der Waals surface area contributed by atoms with Crippen LogP contribution in [0.1, 0.15) is 20.8 Å². The van der Waals surface area contributed by atoms with Crippen LogP contribution in [-0.4, -0.2) is 23.1 Å². The normalized spacial score (nSPS) is 11.5. The summed E-state index contributed by atoms with van der Waals surface area (Å²) in [5.74, 6) is -1.02. The van der Waals surface area contributed by atoms with Gasteiger partial charge in [-0.15, -0.1) is 11.3 Å². The van der Waals surface area contributed by atoms with Gasteiger partial charge in [0.2, 0.25) is 0 Å². The second kappa shape index (κ2) is 10.3. The number of aromatic hydroxyl groups is 1. The molecule has 9 heteroatoms. The third-order valence-corrected chi connectivity index (χ3v) is 5.67. The van der Waals surface area contributed by atoms with Crippen LogP contribution in [0.3, 0.4) is 0 Å². The van der Waals surface area contributed by atoms with E-state index in [2.05, 4.69) is 47.7 Å². The van der Waals surface area contributed by atoms with Crippen molar-refractivity contribution in [3.63, 3.8) is 0 Å². The third-order valence-electron chi connectivity index (χ3n) is 3.79. The lowest BCUT2D eigenvalue weighted by atomic mass is 10.2. The summed E-state index contributed by atoms with van der Waals surface area (Å²) in [5, 5.41) is 18.5. The maximum Gasteiger partial charge on any atom is 0.287 e. The zero-order valence-electron chi connectivity index (χ0n) is 15.3. The molecule has 0 radical (unpaired) electrons. The zero-order valence-corrected chi connectivity index (χ0v) is 19.3. The van der Waals surface area contributed by atoms with E-state index in [1.165, 1.54) is 17.6 Å². The largest absolute Gasteiger partial charge is 0.506 e. The number of nitrogens with zero attached hydrogens (tertiary/aromatic N) is 1. The summed E-state index contributed by atoms with van der Waals surface area (Å²) in [6.07, 6.45) is 2.88. The van der Waals surface area contributed by atoms with E-state index in [0.29, 0.717) is 15.6 Å². The number of benzene rings is 2. The van der Waals surface area contributed by atoms with Gasteiger partial charge in [0, 0.05) is 20.5 Å². The fourth-order valence-electron chi connectivity index (χ4n) is 2.36. The molecular weight excluding hydrogens is 534 g/mol. The van der Waals surface area contributed by atoms with E-state index in [9.17, 15) is 14.7 Å². The molecule has 0 bridgehead atoms. The smallest absolute Gasteiger partial charge is 0.287 e. The van der Waals surface area contributed by atoms with E-state index in [0.717, 1.165) is 9.35 Å². The van der Waals surface area contributed by atoms with Gasteiger partial charge in [0.1, 0.15) is 11.4 Å². The fourth-order valence-corrected chi connectivity index (χ4v) is 4.28. The van der Waals surface area contributed by atoms with E-state index in [1.807, 2.05) is 17.5 Å². The molecule has 3 N–H and O–H groups in total. The SMILES string of the molecule is O=C(N/N=C/c1cc(Br)cc(Br)c1O)C(=Cc1cccs1)NC(=O)c1ccccc1. The molecule has 0 aliphatic rings. The van der Waals surface area contributed by atoms with E-state index in [1.54, 1.807) is 48.5 Å². The van der Waals surface area contributed by atoms with Crippen molar-refractivity contribution in [2.75, 3.05) is 0 Å². The molecule has 0 aliphatic heterocycles. The van der Waals surface area contributed by atoms with Gasteiger partial charge in [0.15, 0.2) is 0 Å². The predicted molar refractivity (Wildman–Crippen MR) is 125 cm³/mol. The van der Waals surface area contributed by atoms with Gasteiger partial charge in [-0.3, -0.25) is 9.59 Å². The highest BCUT2D eigenvalue weighted by atomic mass is 79.9. The van der Waals surface area contributed by atoms with Gasteiger partial charge in [0.25, 0.3) is 11.8 Å². The number of thiophene rings is 1. The lowest BCUT2D eigenvalue weighted by Gasteiger charge is -2.09. The quantitative estimate of drug-likeness (QED) is 0.232. The van der Waals surface area contributed by atoms with Gasteiger partial charge in [-0.05, 0) is 57.7 Å². The highest BCUT2D eigenvalue weighted by Gasteiger charge is 2.14. The van der Waals surface area contributed by atoms with Crippen LogP contribution in [0, 0.1) is 0 Å². The Morgan fingerprint density at radius 3 is 2.53 bits per heavy atom. The molecule has 6 nitrogen and oxygen atoms in total. The van der Waals surface area contributed by atoms with E-state index in [4.69, 9.17) is 0 Å². The zero-order chi connectivity index (χ0) is 21.5. The van der Waals surface area contributed by atoms with Crippen LogP contribution in [0.5, 0.6) is 5.75 Å². The van der Waals surface area contributed by atoms with Crippen molar-refractivity contribution in [2.24, 2.45) is 5.10 Å². The number of nitrogens with one attached hydrogen (secondary N) is 2. The van der Waals surface area contributed by atoms with Crippen molar-refractivity contribution in [3.8, 4) is 5.75 Å². The molecule has 0 spiro atoms. The van der Waals surface area contributed by atoms with Crippen LogP contribution in [-0.2, 0) is 4.79 Å². The second-order valence-electron chi connectivity index (χ2n) is 5.92. The Morgan fingerprint density at radius 1 is 1.07 bits per heavy atom. The Balaban J connectivity index is 1.78. The van der Waals surface area contributed by atoms with Gasteiger partial charge >= 0.3 is 0 Å². The minimum atomic E-state index is -0.600. The topological polar surface area (TPSA) is 90.8 Å². The summed E-state index contributed by atoms with van der Waals surface area (Å²) < 4.78 is 1.21. The van der Waals surface area contributed by atoms with Gasteiger partial charge in [-0.1, -0.05) is 40.2 Å². The number of hydrogen-bond donors (Lipinski definition) is 3. The number of halogens is 2. The molecule has 0 unspecified atom stereocenters. The van der Waals surface area contributed by atoms with Crippen LogP contribution in [0.25, 0.3) is 6.08 Å². The Bertz CT molecular complexity index is 1110. The lowest BCUT2D eigenvalue weighted by Crippen LogP contribution is -2.32. The van der Waals surface area contributed by atoms with E-state index < -0.39 is 11.8 Å². The van der Waals surface area contributed by atoms with Crippen molar-refractivity contribution in [2.45, 2.75) is 0 Å². The molecule has 152 valence electrons. The fraction of sp³-hybridized carbons (Fsp3) is 0. The highest BCUT2D eigenvalue weighted by Crippen LogP contribution is 2.30. The monoisotopic (exact) mass is 547 g/mol. The summed E-state index contributed by atoms with van der Waals surface area (Å²) in [6.45, 7) is 0. The first-order chi connectivity index (χ1) is 14.4. The number of rotatable bonds is 6. The Kier molecular flexibility index (Phi) is 7.56. The molecule has 1 aromatic heterocycles. The summed E-state index contributed by atoms with van der Waals surface area (Å²) in [7, 11) is 0. The van der Waals surface area contributed by atoms with Crippen LogP contribution in [0.2, 0.25) is 0 Å². The predicted octanol–water partition coefficient (Wildman–Crippen LogP) is 4.90. The van der Waals surface area contributed by atoms with Crippen LogP contribution in [0.15, 0.2) is 79.7 Å². The van der Waals surface area contributed by atoms with Gasteiger partial charge in [-0.2, -0.15) is 5.10 Å². The molecular formula is C21H15Br2N3O3S. The maximum atomic E-state index is 12.7. The molecule has 0 saturated carbocycles. The average Bonchev–Trinajstić information content (AvgIpc) is 3.24. The molecule has 0 fully saturated rings. The first-order valence-corrected chi connectivity index (χ1v) is 11.0. The first kappa shape index (κ1) is 21.9. The van der Waals surface area contributed by atoms with Crippen molar-refractivity contribution in [1.29, 1.82) is 0 Å². The van der Waals surface area contributed by atoms with Crippen LogP contribution >= 0.6 is 43.2 Å². The first-order valence-electron chi connectivity index (χ1n) is 8.57. The number of hydrazone groups is 1.